The third-order valence-electron chi connectivity index (χ3n) is 2.73. The predicted molar refractivity (Wildman–Crippen MR) is 63.7 cm³/mol. The fourth-order valence-electron chi connectivity index (χ4n) is 1.67. The average molecular weight is 191 g/mol. The van der Waals surface area contributed by atoms with Crippen molar-refractivity contribution in [2.75, 3.05) is 5.32 Å². The van der Waals surface area contributed by atoms with E-state index in [0.29, 0.717) is 12.0 Å². The molecule has 0 heterocycles. The summed E-state index contributed by atoms with van der Waals surface area (Å²) in [6, 6.07) is 9.05. The Morgan fingerprint density at radius 1 is 1.21 bits per heavy atom. The maximum atomic E-state index is 3.60. The Balaban J connectivity index is 2.72. The minimum Gasteiger partial charge on any atom is -0.382 e. The standard InChI is InChI=1S/C13H21N/c1-5-12(10(2)3)14-13-9-7-6-8-11(13)4/h6-10,12,14H,5H2,1-4H3/t12-/m0/s1. The van der Waals surface area contributed by atoms with Crippen LogP contribution < -0.4 is 5.32 Å². The molecule has 78 valence electrons. The van der Waals surface area contributed by atoms with Crippen LogP contribution in [0, 0.1) is 12.8 Å². The zero-order valence-electron chi connectivity index (χ0n) is 9.67. The lowest BCUT2D eigenvalue weighted by Crippen LogP contribution is -2.24. The third kappa shape index (κ3) is 2.76. The number of anilines is 1. The molecule has 0 saturated carbocycles. The van der Waals surface area contributed by atoms with Crippen LogP contribution in [0.15, 0.2) is 24.3 Å². The van der Waals surface area contributed by atoms with Gasteiger partial charge in [-0.3, -0.25) is 0 Å². The molecular weight excluding hydrogens is 170 g/mol. The average Bonchev–Trinajstić information content (AvgIpc) is 2.16. The van der Waals surface area contributed by atoms with Gasteiger partial charge in [-0.15, -0.1) is 0 Å². The molecule has 1 heteroatoms. The smallest absolute Gasteiger partial charge is 0.0372 e. The Morgan fingerprint density at radius 3 is 2.36 bits per heavy atom. The lowest BCUT2D eigenvalue weighted by Gasteiger charge is -2.23. The molecule has 0 unspecified atom stereocenters. The normalized spacial score (nSPS) is 12.9. The molecule has 0 aromatic heterocycles. The number of aryl methyl sites for hydroxylation is 1. The first-order valence-corrected chi connectivity index (χ1v) is 5.47. The van der Waals surface area contributed by atoms with Crippen molar-refractivity contribution in [1.29, 1.82) is 0 Å². The molecule has 1 aromatic rings. The highest BCUT2D eigenvalue weighted by Gasteiger charge is 2.10. The van der Waals surface area contributed by atoms with Gasteiger partial charge in [-0.2, -0.15) is 0 Å². The van der Waals surface area contributed by atoms with Crippen LogP contribution >= 0.6 is 0 Å². The molecule has 0 aliphatic carbocycles. The molecule has 0 radical (unpaired) electrons. The highest BCUT2D eigenvalue weighted by molar-refractivity contribution is 5.50. The third-order valence-corrected chi connectivity index (χ3v) is 2.73. The fraction of sp³-hybridized carbons (Fsp3) is 0.538. The summed E-state index contributed by atoms with van der Waals surface area (Å²) in [6.45, 7) is 8.91. The predicted octanol–water partition coefficient (Wildman–Crippen LogP) is 3.84. The molecule has 0 amide bonds. The first-order chi connectivity index (χ1) is 6.65. The van der Waals surface area contributed by atoms with Crippen molar-refractivity contribution in [1.82, 2.24) is 0 Å². The summed E-state index contributed by atoms with van der Waals surface area (Å²) in [5.74, 6) is 0.680. The van der Waals surface area contributed by atoms with Gasteiger partial charge in [-0.25, -0.2) is 0 Å². The summed E-state index contributed by atoms with van der Waals surface area (Å²) in [4.78, 5) is 0. The van der Waals surface area contributed by atoms with Crippen LogP contribution in [0.4, 0.5) is 5.69 Å². The van der Waals surface area contributed by atoms with Gasteiger partial charge in [0.05, 0.1) is 0 Å². The van der Waals surface area contributed by atoms with Crippen LogP contribution in [0.2, 0.25) is 0 Å². The number of hydrogen-bond donors (Lipinski definition) is 1. The van der Waals surface area contributed by atoms with Crippen molar-refractivity contribution in [3.8, 4) is 0 Å². The van der Waals surface area contributed by atoms with Gasteiger partial charge in [-0.1, -0.05) is 39.0 Å². The fourth-order valence-corrected chi connectivity index (χ4v) is 1.67. The van der Waals surface area contributed by atoms with Crippen LogP contribution in [-0.4, -0.2) is 6.04 Å². The van der Waals surface area contributed by atoms with Gasteiger partial charge in [0.15, 0.2) is 0 Å². The summed E-state index contributed by atoms with van der Waals surface area (Å²) in [5.41, 5.74) is 2.60. The molecule has 0 fully saturated rings. The quantitative estimate of drug-likeness (QED) is 0.762. The van der Waals surface area contributed by atoms with Gasteiger partial charge >= 0.3 is 0 Å². The Kier molecular flexibility index (Phi) is 3.99. The molecular formula is C13H21N. The maximum absolute atomic E-state index is 3.60. The summed E-state index contributed by atoms with van der Waals surface area (Å²) in [7, 11) is 0. The van der Waals surface area contributed by atoms with E-state index in [1.807, 2.05) is 0 Å². The number of rotatable bonds is 4. The van der Waals surface area contributed by atoms with Gasteiger partial charge in [0, 0.05) is 11.7 Å². The van der Waals surface area contributed by atoms with E-state index in [2.05, 4.69) is 57.3 Å². The maximum Gasteiger partial charge on any atom is 0.0372 e. The van der Waals surface area contributed by atoms with Crippen molar-refractivity contribution in [2.45, 2.75) is 40.2 Å². The number of benzene rings is 1. The Morgan fingerprint density at radius 2 is 1.86 bits per heavy atom. The molecule has 0 bridgehead atoms. The molecule has 1 atom stereocenters. The summed E-state index contributed by atoms with van der Waals surface area (Å²) in [6.07, 6.45) is 1.17. The highest BCUT2D eigenvalue weighted by Crippen LogP contribution is 2.18. The van der Waals surface area contributed by atoms with E-state index in [1.54, 1.807) is 0 Å². The first-order valence-electron chi connectivity index (χ1n) is 5.47. The van der Waals surface area contributed by atoms with Crippen LogP contribution in [-0.2, 0) is 0 Å². The second-order valence-electron chi connectivity index (χ2n) is 4.22. The molecule has 0 spiro atoms. The summed E-state index contributed by atoms with van der Waals surface area (Å²) < 4.78 is 0. The zero-order chi connectivity index (χ0) is 10.6. The second-order valence-corrected chi connectivity index (χ2v) is 4.22. The van der Waals surface area contributed by atoms with Gasteiger partial charge in [-0.05, 0) is 30.9 Å². The molecule has 1 nitrogen and oxygen atoms in total. The Bertz CT molecular complexity index is 278. The van der Waals surface area contributed by atoms with Gasteiger partial charge in [0.2, 0.25) is 0 Å². The van der Waals surface area contributed by atoms with Crippen molar-refractivity contribution in [3.05, 3.63) is 29.8 Å². The van der Waals surface area contributed by atoms with Crippen LogP contribution in [0.25, 0.3) is 0 Å². The lowest BCUT2D eigenvalue weighted by atomic mass is 10.0. The van der Waals surface area contributed by atoms with Crippen molar-refractivity contribution in [2.24, 2.45) is 5.92 Å². The van der Waals surface area contributed by atoms with Gasteiger partial charge < -0.3 is 5.32 Å². The Hall–Kier alpha value is -0.980. The molecule has 1 rings (SSSR count). The van der Waals surface area contributed by atoms with E-state index in [0.717, 1.165) is 0 Å². The van der Waals surface area contributed by atoms with E-state index in [1.165, 1.54) is 17.7 Å². The van der Waals surface area contributed by atoms with E-state index < -0.39 is 0 Å². The van der Waals surface area contributed by atoms with Gasteiger partial charge in [0.1, 0.15) is 0 Å². The largest absolute Gasteiger partial charge is 0.382 e. The van der Waals surface area contributed by atoms with Crippen LogP contribution in [0.1, 0.15) is 32.8 Å². The Labute approximate surface area is 87.5 Å². The molecule has 0 saturated heterocycles. The number of para-hydroxylation sites is 1. The highest BCUT2D eigenvalue weighted by atomic mass is 14.9. The molecule has 1 aromatic carbocycles. The first kappa shape index (κ1) is 11.1. The van der Waals surface area contributed by atoms with Crippen molar-refractivity contribution < 1.29 is 0 Å². The topological polar surface area (TPSA) is 12.0 Å². The van der Waals surface area contributed by atoms with E-state index in [4.69, 9.17) is 0 Å². The van der Waals surface area contributed by atoms with E-state index in [9.17, 15) is 0 Å². The zero-order valence-corrected chi connectivity index (χ0v) is 9.67. The summed E-state index contributed by atoms with van der Waals surface area (Å²) >= 11 is 0. The van der Waals surface area contributed by atoms with Crippen molar-refractivity contribution >= 4 is 5.69 Å². The van der Waals surface area contributed by atoms with E-state index >= 15 is 0 Å². The molecule has 0 aliphatic rings. The minimum absolute atomic E-state index is 0.580. The summed E-state index contributed by atoms with van der Waals surface area (Å²) in [5, 5.41) is 3.60. The lowest BCUT2D eigenvalue weighted by molar-refractivity contribution is 0.511. The SMILES string of the molecule is CC[C@H](Nc1ccccc1C)C(C)C. The van der Waals surface area contributed by atoms with Crippen LogP contribution in [0.3, 0.4) is 0 Å². The monoisotopic (exact) mass is 191 g/mol. The van der Waals surface area contributed by atoms with E-state index in [-0.39, 0.29) is 0 Å². The van der Waals surface area contributed by atoms with Gasteiger partial charge in [0.25, 0.3) is 0 Å². The molecule has 14 heavy (non-hydrogen) atoms. The van der Waals surface area contributed by atoms with Crippen LogP contribution in [0.5, 0.6) is 0 Å². The minimum atomic E-state index is 0.580. The second kappa shape index (κ2) is 5.04. The number of hydrogen-bond acceptors (Lipinski definition) is 1. The van der Waals surface area contributed by atoms with Crippen molar-refractivity contribution in [3.63, 3.8) is 0 Å². The number of nitrogens with one attached hydrogen (secondary N) is 1. The molecule has 1 N–H and O–H groups in total. The molecule has 0 aliphatic heterocycles.